The summed E-state index contributed by atoms with van der Waals surface area (Å²) in [6.45, 7) is 14.0. The van der Waals surface area contributed by atoms with Gasteiger partial charge in [0.2, 0.25) is 0 Å². The molecule has 0 saturated heterocycles. The minimum atomic E-state index is -0.104. The lowest BCUT2D eigenvalue weighted by atomic mass is 10.0. The minimum absolute atomic E-state index is 0.0631. The van der Waals surface area contributed by atoms with E-state index in [1.807, 2.05) is 34.6 Å². The average molecular weight is 155 g/mol. The highest BCUT2D eigenvalue weighted by Gasteiger charge is 2.15. The Morgan fingerprint density at radius 1 is 1.00 bits per heavy atom. The second-order valence-corrected chi connectivity index (χ2v) is 4.43. The molecule has 0 aliphatic rings. The Hall–Kier alpha value is -0.400. The molecule has 65 valence electrons. The summed E-state index contributed by atoms with van der Waals surface area (Å²) in [6, 6.07) is 0. The van der Waals surface area contributed by atoms with Crippen LogP contribution in [0.1, 0.15) is 41.0 Å². The van der Waals surface area contributed by atoms with Crippen molar-refractivity contribution in [1.29, 1.82) is 0 Å². The van der Waals surface area contributed by atoms with Crippen LogP contribution in [0.5, 0.6) is 0 Å². The third kappa shape index (κ3) is 6.02. The Bertz CT molecular complexity index is 140. The van der Waals surface area contributed by atoms with E-state index in [4.69, 9.17) is 0 Å². The van der Waals surface area contributed by atoms with Crippen molar-refractivity contribution >= 4 is 0 Å². The highest BCUT2D eigenvalue weighted by Crippen LogP contribution is 2.17. The van der Waals surface area contributed by atoms with E-state index in [2.05, 4.69) is 17.2 Å². The smallest absolute Gasteiger partial charge is 0.0760 e. The molecule has 2 nitrogen and oxygen atoms in total. The summed E-state index contributed by atoms with van der Waals surface area (Å²) in [6.07, 6.45) is 0.784. The fourth-order valence-electron chi connectivity index (χ4n) is 0.335. The van der Waals surface area contributed by atoms with Crippen molar-refractivity contribution in [1.82, 2.24) is 0 Å². The van der Waals surface area contributed by atoms with E-state index in [9.17, 15) is 0 Å². The second kappa shape index (κ2) is 3.33. The van der Waals surface area contributed by atoms with Crippen molar-refractivity contribution in [2.24, 2.45) is 10.2 Å². The predicted molar refractivity (Wildman–Crippen MR) is 48.7 cm³/mol. The van der Waals surface area contributed by atoms with E-state index in [1.165, 1.54) is 0 Å². The zero-order chi connectivity index (χ0) is 9.12. The van der Waals surface area contributed by atoms with Gasteiger partial charge in [-0.1, -0.05) is 6.92 Å². The van der Waals surface area contributed by atoms with Crippen LogP contribution in [0.4, 0.5) is 0 Å². The standard InChI is InChI=1S/C9H19N2/c1-7-9(5,6)11-10-8(2,3)4/h1,7H2,2-6H3. The lowest BCUT2D eigenvalue weighted by Crippen LogP contribution is -2.17. The second-order valence-electron chi connectivity index (χ2n) is 4.43. The maximum atomic E-state index is 4.21. The Labute approximate surface area is 70.1 Å². The quantitative estimate of drug-likeness (QED) is 0.547. The first-order chi connectivity index (χ1) is 4.77. The summed E-state index contributed by atoms with van der Waals surface area (Å²) in [4.78, 5) is 0. The third-order valence-corrected chi connectivity index (χ3v) is 1.23. The van der Waals surface area contributed by atoms with E-state index in [-0.39, 0.29) is 11.1 Å². The van der Waals surface area contributed by atoms with Gasteiger partial charge in [0.05, 0.1) is 11.1 Å². The maximum Gasteiger partial charge on any atom is 0.0760 e. The lowest BCUT2D eigenvalue weighted by molar-refractivity contribution is 0.441. The van der Waals surface area contributed by atoms with Crippen LogP contribution in [0.15, 0.2) is 10.2 Å². The molecule has 0 N–H and O–H groups in total. The van der Waals surface area contributed by atoms with Gasteiger partial charge in [-0.15, -0.1) is 0 Å². The van der Waals surface area contributed by atoms with Gasteiger partial charge in [-0.2, -0.15) is 10.2 Å². The number of azo groups is 1. The molecule has 0 aromatic carbocycles. The lowest BCUT2D eigenvalue weighted by Gasteiger charge is -2.18. The molecule has 0 aromatic heterocycles. The topological polar surface area (TPSA) is 24.7 Å². The largest absolute Gasteiger partial charge is 0.188 e. The molecule has 0 atom stereocenters. The van der Waals surface area contributed by atoms with E-state index < -0.39 is 0 Å². The molecule has 0 amide bonds. The van der Waals surface area contributed by atoms with Crippen LogP contribution in [0, 0.1) is 6.92 Å². The minimum Gasteiger partial charge on any atom is -0.188 e. The SMILES string of the molecule is [CH2]CC(C)(C)N=NC(C)(C)C. The van der Waals surface area contributed by atoms with Gasteiger partial charge in [0.25, 0.3) is 0 Å². The highest BCUT2D eigenvalue weighted by atomic mass is 15.2. The molecule has 0 heterocycles. The van der Waals surface area contributed by atoms with Crippen molar-refractivity contribution in [2.75, 3.05) is 0 Å². The van der Waals surface area contributed by atoms with Crippen LogP contribution in [0.3, 0.4) is 0 Å². The van der Waals surface area contributed by atoms with Crippen molar-refractivity contribution in [2.45, 2.75) is 52.1 Å². The number of hydrogen-bond donors (Lipinski definition) is 0. The monoisotopic (exact) mass is 155 g/mol. The van der Waals surface area contributed by atoms with Crippen LogP contribution in [-0.4, -0.2) is 11.1 Å². The van der Waals surface area contributed by atoms with Crippen LogP contribution in [0.2, 0.25) is 0 Å². The molecule has 0 aliphatic carbocycles. The number of nitrogens with zero attached hydrogens (tertiary/aromatic N) is 2. The van der Waals surface area contributed by atoms with Gasteiger partial charge in [-0.25, -0.2) is 0 Å². The van der Waals surface area contributed by atoms with E-state index >= 15 is 0 Å². The molecular weight excluding hydrogens is 136 g/mol. The Morgan fingerprint density at radius 2 is 1.45 bits per heavy atom. The fraction of sp³-hybridized carbons (Fsp3) is 0.889. The molecular formula is C9H19N2. The molecule has 0 rings (SSSR count). The van der Waals surface area contributed by atoms with Crippen LogP contribution < -0.4 is 0 Å². The molecule has 0 spiro atoms. The van der Waals surface area contributed by atoms with Gasteiger partial charge < -0.3 is 0 Å². The molecule has 0 saturated carbocycles. The fourth-order valence-corrected chi connectivity index (χ4v) is 0.335. The van der Waals surface area contributed by atoms with Crippen molar-refractivity contribution < 1.29 is 0 Å². The predicted octanol–water partition coefficient (Wildman–Crippen LogP) is 3.24. The third-order valence-electron chi connectivity index (χ3n) is 1.23. The van der Waals surface area contributed by atoms with Crippen molar-refractivity contribution in [3.63, 3.8) is 0 Å². The van der Waals surface area contributed by atoms with Gasteiger partial charge in [0, 0.05) is 0 Å². The summed E-state index contributed by atoms with van der Waals surface area (Å²) in [5.41, 5.74) is -0.167. The van der Waals surface area contributed by atoms with Gasteiger partial charge >= 0.3 is 0 Å². The van der Waals surface area contributed by atoms with E-state index in [0.29, 0.717) is 0 Å². The molecule has 0 fully saturated rings. The maximum absolute atomic E-state index is 4.21. The van der Waals surface area contributed by atoms with Gasteiger partial charge in [0.15, 0.2) is 0 Å². The molecule has 11 heavy (non-hydrogen) atoms. The average Bonchev–Trinajstić information content (AvgIpc) is 1.83. The molecule has 0 bridgehead atoms. The zero-order valence-electron chi connectivity index (χ0n) is 8.31. The highest BCUT2D eigenvalue weighted by molar-refractivity contribution is 4.78. The van der Waals surface area contributed by atoms with Crippen molar-refractivity contribution in [3.8, 4) is 0 Å². The summed E-state index contributed by atoms with van der Waals surface area (Å²) < 4.78 is 0. The van der Waals surface area contributed by atoms with E-state index in [0.717, 1.165) is 6.42 Å². The van der Waals surface area contributed by atoms with Crippen molar-refractivity contribution in [3.05, 3.63) is 6.92 Å². The van der Waals surface area contributed by atoms with Gasteiger partial charge in [-0.3, -0.25) is 0 Å². The van der Waals surface area contributed by atoms with Gasteiger partial charge in [0.1, 0.15) is 0 Å². The summed E-state index contributed by atoms with van der Waals surface area (Å²) in [5, 5.41) is 8.39. The zero-order valence-corrected chi connectivity index (χ0v) is 8.31. The Kier molecular flexibility index (Phi) is 3.21. The number of hydrogen-bond acceptors (Lipinski definition) is 2. The molecule has 1 radical (unpaired) electrons. The first-order valence-electron chi connectivity index (χ1n) is 4.00. The first kappa shape index (κ1) is 10.6. The molecule has 0 aromatic rings. The van der Waals surface area contributed by atoms with Crippen LogP contribution >= 0.6 is 0 Å². The molecule has 2 heteroatoms. The summed E-state index contributed by atoms with van der Waals surface area (Å²) >= 11 is 0. The summed E-state index contributed by atoms with van der Waals surface area (Å²) in [7, 11) is 0. The molecule has 0 aliphatic heterocycles. The Morgan fingerprint density at radius 3 is 1.73 bits per heavy atom. The van der Waals surface area contributed by atoms with E-state index in [1.54, 1.807) is 0 Å². The Balaban J connectivity index is 4.13. The first-order valence-corrected chi connectivity index (χ1v) is 4.00. The number of rotatable bonds is 2. The summed E-state index contributed by atoms with van der Waals surface area (Å²) in [5.74, 6) is 0. The van der Waals surface area contributed by atoms with Crippen LogP contribution in [-0.2, 0) is 0 Å². The molecule has 0 unspecified atom stereocenters. The van der Waals surface area contributed by atoms with Crippen LogP contribution in [0.25, 0.3) is 0 Å². The van der Waals surface area contributed by atoms with Gasteiger partial charge in [-0.05, 0) is 41.0 Å². The normalized spacial score (nSPS) is 14.4.